The Morgan fingerprint density at radius 3 is 2.64 bits per heavy atom. The monoisotopic (exact) mass is 174 g/mol. The van der Waals surface area contributed by atoms with Crippen LogP contribution in [0.4, 0.5) is 0 Å². The maximum absolute atomic E-state index is 11.1. The van der Waals surface area contributed by atoms with Gasteiger partial charge in [-0.25, -0.2) is 0 Å². The molecule has 0 aliphatic carbocycles. The Morgan fingerprint density at radius 2 is 2.27 bits per heavy atom. The lowest BCUT2D eigenvalue weighted by atomic mass is 9.93. The van der Waals surface area contributed by atoms with Crippen LogP contribution in [0.2, 0.25) is 0 Å². The van der Waals surface area contributed by atoms with Crippen LogP contribution in [0.1, 0.15) is 12.8 Å². The summed E-state index contributed by atoms with van der Waals surface area (Å²) < 4.78 is 0. The molecular formula is C6H7ClN2O2. The minimum Gasteiger partial charge on any atom is -0.341 e. The molecule has 2 amide bonds. The van der Waals surface area contributed by atoms with Crippen LogP contribution in [0.3, 0.4) is 0 Å². The van der Waals surface area contributed by atoms with Crippen molar-refractivity contribution in [3.05, 3.63) is 0 Å². The van der Waals surface area contributed by atoms with Crippen molar-refractivity contribution < 1.29 is 9.59 Å². The standard InChI is InChI=1S/C6H7ClN2O2/c7-6-2-1-3(4(10)9-6)8-5(6)11/h3H,1-2H2,(H,8,11)(H,9,10). The van der Waals surface area contributed by atoms with Crippen molar-refractivity contribution in [3.63, 3.8) is 0 Å². The van der Waals surface area contributed by atoms with Gasteiger partial charge in [0.25, 0.3) is 5.91 Å². The molecule has 2 unspecified atom stereocenters. The molecule has 3 fully saturated rings. The number of piperazine rings is 1. The second-order valence-corrected chi connectivity index (χ2v) is 3.50. The normalized spacial score (nSPS) is 41.7. The van der Waals surface area contributed by atoms with Crippen LogP contribution < -0.4 is 10.6 Å². The summed E-state index contributed by atoms with van der Waals surface area (Å²) in [7, 11) is 0. The first-order valence-corrected chi connectivity index (χ1v) is 3.81. The zero-order chi connectivity index (χ0) is 8.06. The van der Waals surface area contributed by atoms with Gasteiger partial charge in [-0.2, -0.15) is 0 Å². The topological polar surface area (TPSA) is 58.2 Å². The van der Waals surface area contributed by atoms with Crippen LogP contribution in [0.15, 0.2) is 0 Å². The van der Waals surface area contributed by atoms with Crippen LogP contribution in [0.25, 0.3) is 0 Å². The molecule has 3 heterocycles. The highest BCUT2D eigenvalue weighted by Gasteiger charge is 2.50. The molecular weight excluding hydrogens is 168 g/mol. The summed E-state index contributed by atoms with van der Waals surface area (Å²) in [5.41, 5.74) is 0. The lowest BCUT2D eigenvalue weighted by Gasteiger charge is -2.41. The fraction of sp³-hybridized carbons (Fsp3) is 0.667. The van der Waals surface area contributed by atoms with Gasteiger partial charge in [0.05, 0.1) is 0 Å². The number of halogens is 1. The molecule has 3 rings (SSSR count). The second kappa shape index (κ2) is 1.88. The predicted octanol–water partition coefficient (Wildman–Crippen LogP) is -0.670. The number of piperidine rings is 2. The summed E-state index contributed by atoms with van der Waals surface area (Å²) in [5.74, 6) is -0.458. The van der Waals surface area contributed by atoms with Crippen LogP contribution in [0.5, 0.6) is 0 Å². The van der Waals surface area contributed by atoms with E-state index in [1.165, 1.54) is 0 Å². The van der Waals surface area contributed by atoms with E-state index >= 15 is 0 Å². The van der Waals surface area contributed by atoms with E-state index in [1.807, 2.05) is 0 Å². The van der Waals surface area contributed by atoms with E-state index in [1.54, 1.807) is 0 Å². The van der Waals surface area contributed by atoms with Crippen molar-refractivity contribution in [2.24, 2.45) is 0 Å². The molecule has 5 heteroatoms. The molecule has 2 N–H and O–H groups in total. The Balaban J connectivity index is 2.33. The Bertz CT molecular complexity index is 243. The lowest BCUT2D eigenvalue weighted by Crippen LogP contribution is -2.71. The Hall–Kier alpha value is -0.770. The first-order chi connectivity index (χ1) is 5.12. The summed E-state index contributed by atoms with van der Waals surface area (Å²) >= 11 is 5.80. The van der Waals surface area contributed by atoms with Gasteiger partial charge in [0.15, 0.2) is 5.00 Å². The van der Waals surface area contributed by atoms with Gasteiger partial charge in [-0.3, -0.25) is 9.59 Å². The van der Waals surface area contributed by atoms with Crippen LogP contribution in [0, 0.1) is 0 Å². The van der Waals surface area contributed by atoms with Crippen LogP contribution >= 0.6 is 11.6 Å². The smallest absolute Gasteiger partial charge is 0.262 e. The van der Waals surface area contributed by atoms with E-state index in [2.05, 4.69) is 10.6 Å². The molecule has 0 aromatic heterocycles. The van der Waals surface area contributed by atoms with Gasteiger partial charge in [0.2, 0.25) is 5.91 Å². The number of hydrogen-bond donors (Lipinski definition) is 2. The Morgan fingerprint density at radius 1 is 1.55 bits per heavy atom. The highest BCUT2D eigenvalue weighted by Crippen LogP contribution is 2.29. The summed E-state index contributed by atoms with van der Waals surface area (Å²) in [6, 6.07) is -0.358. The number of carbonyl (C=O) groups excluding carboxylic acids is 2. The molecule has 0 aromatic carbocycles. The molecule has 3 aliphatic rings. The summed E-state index contributed by atoms with van der Waals surface area (Å²) in [6.07, 6.45) is 1.16. The minimum absolute atomic E-state index is 0.175. The highest BCUT2D eigenvalue weighted by atomic mass is 35.5. The molecule has 2 bridgehead atoms. The molecule has 0 saturated carbocycles. The predicted molar refractivity (Wildman–Crippen MR) is 37.9 cm³/mol. The van der Waals surface area contributed by atoms with Gasteiger partial charge >= 0.3 is 0 Å². The van der Waals surface area contributed by atoms with Crippen molar-refractivity contribution in [2.45, 2.75) is 23.9 Å². The summed E-state index contributed by atoms with van der Waals surface area (Å²) in [6.45, 7) is 0. The molecule has 0 aromatic rings. The van der Waals surface area contributed by atoms with Crippen molar-refractivity contribution >= 4 is 23.4 Å². The van der Waals surface area contributed by atoms with E-state index in [0.717, 1.165) is 0 Å². The maximum Gasteiger partial charge on any atom is 0.262 e. The first kappa shape index (κ1) is 6.91. The fourth-order valence-electron chi connectivity index (χ4n) is 1.40. The van der Waals surface area contributed by atoms with Gasteiger partial charge in [0.1, 0.15) is 6.04 Å². The average molecular weight is 175 g/mol. The molecule has 11 heavy (non-hydrogen) atoms. The van der Waals surface area contributed by atoms with Gasteiger partial charge in [-0.15, -0.1) is 0 Å². The van der Waals surface area contributed by atoms with E-state index in [4.69, 9.17) is 11.6 Å². The Labute approximate surface area is 68.3 Å². The van der Waals surface area contributed by atoms with Crippen LogP contribution in [-0.4, -0.2) is 22.9 Å². The number of nitrogens with one attached hydrogen (secondary N) is 2. The number of carbonyl (C=O) groups is 2. The van der Waals surface area contributed by atoms with Crippen molar-refractivity contribution in [1.29, 1.82) is 0 Å². The van der Waals surface area contributed by atoms with Gasteiger partial charge in [-0.05, 0) is 12.8 Å². The van der Waals surface area contributed by atoms with E-state index in [0.29, 0.717) is 12.8 Å². The van der Waals surface area contributed by atoms with Crippen molar-refractivity contribution in [2.75, 3.05) is 0 Å². The third kappa shape index (κ3) is 0.822. The van der Waals surface area contributed by atoms with E-state index < -0.39 is 5.00 Å². The zero-order valence-electron chi connectivity index (χ0n) is 5.69. The number of alkyl halides is 1. The molecule has 2 atom stereocenters. The van der Waals surface area contributed by atoms with Gasteiger partial charge in [-0.1, -0.05) is 11.6 Å². The number of rotatable bonds is 0. The van der Waals surface area contributed by atoms with Crippen molar-refractivity contribution in [3.8, 4) is 0 Å². The quantitative estimate of drug-likeness (QED) is 0.378. The first-order valence-electron chi connectivity index (χ1n) is 3.44. The minimum atomic E-state index is -1.16. The second-order valence-electron chi connectivity index (χ2n) is 2.86. The molecule has 0 radical (unpaired) electrons. The third-order valence-corrected chi connectivity index (χ3v) is 2.54. The van der Waals surface area contributed by atoms with E-state index in [9.17, 15) is 9.59 Å². The number of fused-ring (bicyclic) bond motifs is 3. The third-order valence-electron chi connectivity index (χ3n) is 2.08. The number of amides is 2. The van der Waals surface area contributed by atoms with Crippen LogP contribution in [-0.2, 0) is 9.59 Å². The van der Waals surface area contributed by atoms with Gasteiger partial charge < -0.3 is 10.6 Å². The molecule has 60 valence electrons. The molecule has 4 nitrogen and oxygen atoms in total. The summed E-state index contributed by atoms with van der Waals surface area (Å²) in [5, 5.41) is 4.98. The van der Waals surface area contributed by atoms with Crippen molar-refractivity contribution in [1.82, 2.24) is 10.6 Å². The largest absolute Gasteiger partial charge is 0.341 e. The Kier molecular flexibility index (Phi) is 1.18. The number of hydrogen-bond acceptors (Lipinski definition) is 2. The highest BCUT2D eigenvalue weighted by molar-refractivity contribution is 6.37. The summed E-state index contributed by atoms with van der Waals surface area (Å²) in [4.78, 5) is 20.9. The fourth-order valence-corrected chi connectivity index (χ4v) is 1.66. The van der Waals surface area contributed by atoms with Gasteiger partial charge in [0, 0.05) is 0 Å². The average Bonchev–Trinajstić information content (AvgIpc) is 1.92. The SMILES string of the molecule is O=C1NC2(Cl)CCC1NC2=O. The molecule has 3 saturated heterocycles. The molecule has 3 aliphatic heterocycles. The lowest BCUT2D eigenvalue weighted by molar-refractivity contribution is -0.142. The molecule has 0 spiro atoms. The zero-order valence-corrected chi connectivity index (χ0v) is 6.44. The van der Waals surface area contributed by atoms with E-state index in [-0.39, 0.29) is 17.9 Å². The maximum atomic E-state index is 11.1.